The van der Waals surface area contributed by atoms with Crippen molar-refractivity contribution in [1.82, 2.24) is 4.57 Å². The third kappa shape index (κ3) is 4.45. The van der Waals surface area contributed by atoms with Gasteiger partial charge in [0.25, 0.3) is 0 Å². The van der Waals surface area contributed by atoms with Gasteiger partial charge in [-0.15, -0.1) is 0 Å². The summed E-state index contributed by atoms with van der Waals surface area (Å²) < 4.78 is 55.4. The maximum absolute atomic E-state index is 14.7. The standard InChI is InChI=1S/C26H23F4N2O/c1-2-3-4-6-16-9-12-19-23(13-16)32(22-8-5-7-20(24(19)22)25(31)33)15-17-10-11-18(14-21(17)27)26(28,29)30/h5,7-11,13-14H,2-4,6,15H2,1H3,(H2,31,33). The van der Waals surface area contributed by atoms with Crippen LogP contribution in [0, 0.1) is 11.9 Å². The molecule has 0 fully saturated rings. The summed E-state index contributed by atoms with van der Waals surface area (Å²) in [6.07, 6.45) is -0.592. The van der Waals surface area contributed by atoms with E-state index in [4.69, 9.17) is 5.73 Å². The smallest absolute Gasteiger partial charge is 0.366 e. The minimum atomic E-state index is -4.62. The van der Waals surface area contributed by atoms with Crippen LogP contribution in [0.1, 0.15) is 53.2 Å². The predicted octanol–water partition coefficient (Wildman–Crippen LogP) is 6.63. The molecule has 1 heterocycles. The highest BCUT2D eigenvalue weighted by atomic mass is 19.4. The molecule has 33 heavy (non-hydrogen) atoms. The van der Waals surface area contributed by atoms with Crippen LogP contribution in [0.5, 0.6) is 0 Å². The summed E-state index contributed by atoms with van der Waals surface area (Å²) in [7, 11) is 0. The lowest BCUT2D eigenvalue weighted by atomic mass is 10.0. The number of halogens is 4. The fourth-order valence-electron chi connectivity index (χ4n) is 4.22. The van der Waals surface area contributed by atoms with Crippen LogP contribution in [0.2, 0.25) is 0 Å². The number of hydrogen-bond donors (Lipinski definition) is 1. The molecule has 0 unspecified atom stereocenters. The molecule has 4 rings (SSSR count). The van der Waals surface area contributed by atoms with Crippen molar-refractivity contribution in [2.24, 2.45) is 5.73 Å². The number of alkyl halides is 3. The maximum atomic E-state index is 14.7. The zero-order valence-corrected chi connectivity index (χ0v) is 18.1. The van der Waals surface area contributed by atoms with E-state index in [2.05, 4.69) is 13.0 Å². The predicted molar refractivity (Wildman–Crippen MR) is 121 cm³/mol. The second-order valence-corrected chi connectivity index (χ2v) is 8.18. The lowest BCUT2D eigenvalue weighted by Gasteiger charge is -2.12. The minimum Gasteiger partial charge on any atom is -0.366 e. The fraction of sp³-hybridized carbons (Fsp3) is 0.269. The van der Waals surface area contributed by atoms with Crippen molar-refractivity contribution in [3.63, 3.8) is 0 Å². The summed E-state index contributed by atoms with van der Waals surface area (Å²) in [5.74, 6) is -1.53. The molecule has 1 radical (unpaired) electrons. The van der Waals surface area contributed by atoms with Gasteiger partial charge < -0.3 is 10.3 Å². The molecule has 0 atom stereocenters. The first-order valence-corrected chi connectivity index (χ1v) is 10.8. The molecular formula is C26H23F4N2O. The van der Waals surface area contributed by atoms with Gasteiger partial charge in [0.1, 0.15) is 5.82 Å². The summed E-state index contributed by atoms with van der Waals surface area (Å²) in [6, 6.07) is 14.8. The van der Waals surface area contributed by atoms with Gasteiger partial charge in [0.15, 0.2) is 0 Å². The quantitative estimate of drug-likeness (QED) is 0.247. The van der Waals surface area contributed by atoms with Crippen molar-refractivity contribution < 1.29 is 22.4 Å². The maximum Gasteiger partial charge on any atom is 0.416 e. The Morgan fingerprint density at radius 2 is 1.88 bits per heavy atom. The molecule has 2 N–H and O–H groups in total. The van der Waals surface area contributed by atoms with Gasteiger partial charge in [0.05, 0.1) is 23.1 Å². The molecule has 171 valence electrons. The average molecular weight is 455 g/mol. The molecular weight excluding hydrogens is 432 g/mol. The van der Waals surface area contributed by atoms with Gasteiger partial charge >= 0.3 is 6.18 Å². The molecule has 0 saturated carbocycles. The number of unbranched alkanes of at least 4 members (excludes halogenated alkanes) is 2. The van der Waals surface area contributed by atoms with E-state index >= 15 is 0 Å². The van der Waals surface area contributed by atoms with Crippen molar-refractivity contribution in [2.45, 2.75) is 45.3 Å². The van der Waals surface area contributed by atoms with E-state index in [-0.39, 0.29) is 12.1 Å². The lowest BCUT2D eigenvalue weighted by Crippen LogP contribution is -2.11. The largest absolute Gasteiger partial charge is 0.416 e. The molecule has 1 amide bonds. The number of fused-ring (bicyclic) bond motifs is 3. The van der Waals surface area contributed by atoms with E-state index in [0.29, 0.717) is 27.9 Å². The number of carbonyl (C=O) groups excluding carboxylic acids is 1. The molecule has 0 bridgehead atoms. The third-order valence-electron chi connectivity index (χ3n) is 5.90. The molecule has 4 aromatic rings. The molecule has 3 aromatic carbocycles. The van der Waals surface area contributed by atoms with E-state index in [9.17, 15) is 22.4 Å². The number of aromatic nitrogens is 1. The number of primary amides is 1. The number of nitrogens with zero attached hydrogens (tertiary/aromatic N) is 1. The van der Waals surface area contributed by atoms with Crippen molar-refractivity contribution in [2.75, 3.05) is 0 Å². The molecule has 0 saturated heterocycles. The molecule has 0 aliphatic rings. The molecule has 0 spiro atoms. The first-order chi connectivity index (χ1) is 15.7. The second kappa shape index (κ2) is 8.89. The Morgan fingerprint density at radius 1 is 1.09 bits per heavy atom. The van der Waals surface area contributed by atoms with Crippen LogP contribution in [-0.4, -0.2) is 10.5 Å². The zero-order chi connectivity index (χ0) is 23.8. The molecule has 3 nitrogen and oxygen atoms in total. The van der Waals surface area contributed by atoms with Crippen LogP contribution in [0.25, 0.3) is 21.8 Å². The van der Waals surface area contributed by atoms with E-state index < -0.39 is 23.5 Å². The highest BCUT2D eigenvalue weighted by molar-refractivity contribution is 6.17. The van der Waals surface area contributed by atoms with Gasteiger partial charge in [-0.25, -0.2) is 4.39 Å². The summed E-state index contributed by atoms with van der Waals surface area (Å²) in [5.41, 5.74) is 7.41. The average Bonchev–Trinajstić information content (AvgIpc) is 3.07. The number of benzene rings is 3. The van der Waals surface area contributed by atoms with Crippen LogP contribution in [0.15, 0.2) is 48.5 Å². The van der Waals surface area contributed by atoms with E-state index in [1.54, 1.807) is 18.2 Å². The SMILES string of the molecule is CCCCCc1c[c]c2c3c(C(N)=O)cccc3n(Cc3ccc(C(F)(F)F)cc3F)c2c1. The number of carbonyl (C=O) groups is 1. The second-order valence-electron chi connectivity index (χ2n) is 8.18. The van der Waals surface area contributed by atoms with Crippen molar-refractivity contribution in [3.05, 3.63) is 82.7 Å². The number of nitrogens with two attached hydrogens (primary N) is 1. The third-order valence-corrected chi connectivity index (χ3v) is 5.90. The Balaban J connectivity index is 1.88. The van der Waals surface area contributed by atoms with Gasteiger partial charge in [0.2, 0.25) is 5.91 Å². The highest BCUT2D eigenvalue weighted by Crippen LogP contribution is 2.34. The number of amides is 1. The Morgan fingerprint density at radius 3 is 2.55 bits per heavy atom. The van der Waals surface area contributed by atoms with Gasteiger partial charge in [-0.1, -0.05) is 38.0 Å². The summed E-state index contributed by atoms with van der Waals surface area (Å²) in [5, 5.41) is 1.28. The van der Waals surface area contributed by atoms with Gasteiger partial charge in [-0.05, 0) is 54.8 Å². The topological polar surface area (TPSA) is 48.0 Å². The first-order valence-electron chi connectivity index (χ1n) is 10.8. The number of rotatable bonds is 7. The highest BCUT2D eigenvalue weighted by Gasteiger charge is 2.31. The van der Waals surface area contributed by atoms with Crippen LogP contribution in [0.4, 0.5) is 17.6 Å². The normalized spacial score (nSPS) is 12.0. The number of hydrogen-bond acceptors (Lipinski definition) is 1. The minimum absolute atomic E-state index is 0.00155. The van der Waals surface area contributed by atoms with Crippen LogP contribution in [-0.2, 0) is 19.1 Å². The molecule has 1 aromatic heterocycles. The molecule has 7 heteroatoms. The Kier molecular flexibility index (Phi) is 6.15. The Labute approximate surface area is 188 Å². The van der Waals surface area contributed by atoms with Crippen molar-refractivity contribution in [1.29, 1.82) is 0 Å². The Bertz CT molecular complexity index is 1340. The van der Waals surface area contributed by atoms with E-state index in [1.807, 2.05) is 16.7 Å². The summed E-state index contributed by atoms with van der Waals surface area (Å²) >= 11 is 0. The van der Waals surface area contributed by atoms with Gasteiger partial charge in [-0.2, -0.15) is 13.2 Å². The monoisotopic (exact) mass is 455 g/mol. The first kappa shape index (κ1) is 22.8. The molecule has 0 aliphatic heterocycles. The van der Waals surface area contributed by atoms with Crippen LogP contribution in [0.3, 0.4) is 0 Å². The lowest BCUT2D eigenvalue weighted by molar-refractivity contribution is -0.137. The van der Waals surface area contributed by atoms with Crippen molar-refractivity contribution >= 4 is 27.7 Å². The number of aryl methyl sites for hydroxylation is 1. The van der Waals surface area contributed by atoms with Crippen LogP contribution < -0.4 is 5.73 Å². The van der Waals surface area contributed by atoms with Gasteiger partial charge in [-0.3, -0.25) is 4.79 Å². The van der Waals surface area contributed by atoms with E-state index in [1.165, 1.54) is 0 Å². The fourth-order valence-corrected chi connectivity index (χ4v) is 4.22. The zero-order valence-electron chi connectivity index (χ0n) is 18.1. The molecule has 0 aliphatic carbocycles. The van der Waals surface area contributed by atoms with E-state index in [0.717, 1.165) is 48.9 Å². The Hall–Kier alpha value is -3.35. The van der Waals surface area contributed by atoms with Gasteiger partial charge in [0, 0.05) is 21.9 Å². The summed E-state index contributed by atoms with van der Waals surface area (Å²) in [6.45, 7) is 2.12. The van der Waals surface area contributed by atoms with Crippen molar-refractivity contribution in [3.8, 4) is 0 Å². The summed E-state index contributed by atoms with van der Waals surface area (Å²) in [4.78, 5) is 12.1. The van der Waals surface area contributed by atoms with Crippen LogP contribution >= 0.6 is 0 Å².